The summed E-state index contributed by atoms with van der Waals surface area (Å²) in [6.45, 7) is 7.30. The van der Waals surface area contributed by atoms with Crippen LogP contribution >= 0.6 is 11.6 Å². The maximum absolute atomic E-state index is 6.31. The number of nitrogens with two attached hydrogens (primary N) is 1. The minimum Gasteiger partial charge on any atom is -0.333 e. The van der Waals surface area contributed by atoms with Crippen molar-refractivity contribution in [2.24, 2.45) is 5.73 Å². The van der Waals surface area contributed by atoms with Gasteiger partial charge in [0.2, 0.25) is 0 Å². The summed E-state index contributed by atoms with van der Waals surface area (Å²) in [5, 5.41) is 0.596. The van der Waals surface area contributed by atoms with Crippen LogP contribution < -0.4 is 5.73 Å². The molecule has 84 valence electrons. The van der Waals surface area contributed by atoms with Gasteiger partial charge in [-0.05, 0) is 19.8 Å². The lowest BCUT2D eigenvalue weighted by Crippen LogP contribution is -2.44. The number of aromatic nitrogens is 2. The van der Waals surface area contributed by atoms with Crippen molar-refractivity contribution in [3.05, 3.63) is 17.2 Å². The molecule has 0 spiro atoms. The monoisotopic (exact) mass is 227 g/mol. The van der Waals surface area contributed by atoms with Crippen LogP contribution in [0.1, 0.15) is 39.3 Å². The third-order valence-corrected chi connectivity index (χ3v) is 4.04. The Kier molecular flexibility index (Phi) is 2.36. The molecule has 0 saturated heterocycles. The Morgan fingerprint density at radius 2 is 2.20 bits per heavy atom. The summed E-state index contributed by atoms with van der Waals surface area (Å²) in [6, 6.07) is 0. The first-order chi connectivity index (χ1) is 6.92. The minimum absolute atomic E-state index is 0.0937. The molecule has 1 aromatic heterocycles. The first-order valence-corrected chi connectivity index (χ1v) is 5.80. The molecule has 0 aliphatic heterocycles. The number of halogens is 1. The summed E-state index contributed by atoms with van der Waals surface area (Å²) in [5.74, 6) is 0. The van der Waals surface area contributed by atoms with Crippen molar-refractivity contribution < 1.29 is 0 Å². The second-order valence-electron chi connectivity index (χ2n) is 4.95. The molecule has 0 bridgehead atoms. The molecule has 1 aliphatic rings. The highest BCUT2D eigenvalue weighted by Crippen LogP contribution is 2.50. The van der Waals surface area contributed by atoms with Crippen LogP contribution in [0, 0.1) is 0 Å². The Labute approximate surface area is 95.6 Å². The van der Waals surface area contributed by atoms with E-state index in [1.165, 1.54) is 0 Å². The topological polar surface area (TPSA) is 43.8 Å². The van der Waals surface area contributed by atoms with Gasteiger partial charge in [0.05, 0.1) is 12.0 Å². The van der Waals surface area contributed by atoms with Crippen LogP contribution in [0.3, 0.4) is 0 Å². The molecule has 0 aromatic carbocycles. The van der Waals surface area contributed by atoms with E-state index in [0.29, 0.717) is 5.15 Å². The van der Waals surface area contributed by atoms with Gasteiger partial charge in [0, 0.05) is 17.5 Å². The van der Waals surface area contributed by atoms with Crippen molar-refractivity contribution in [2.45, 2.75) is 51.1 Å². The van der Waals surface area contributed by atoms with Crippen LogP contribution in [0.5, 0.6) is 0 Å². The fourth-order valence-corrected chi connectivity index (χ4v) is 2.60. The zero-order chi connectivity index (χ0) is 11.3. The molecule has 1 fully saturated rings. The van der Waals surface area contributed by atoms with Crippen LogP contribution in [0.2, 0.25) is 5.15 Å². The summed E-state index contributed by atoms with van der Waals surface area (Å²) in [7, 11) is 0. The van der Waals surface area contributed by atoms with E-state index >= 15 is 0 Å². The maximum atomic E-state index is 6.31. The lowest BCUT2D eigenvalue weighted by molar-refractivity contribution is 0.367. The molecule has 15 heavy (non-hydrogen) atoms. The Hall–Kier alpha value is -0.540. The SMILES string of the molecule is CCn1cnc(Cl)c1C(C)(C)C1(N)CC1. The van der Waals surface area contributed by atoms with Crippen molar-refractivity contribution >= 4 is 11.6 Å². The van der Waals surface area contributed by atoms with Crippen molar-refractivity contribution in [3.63, 3.8) is 0 Å². The van der Waals surface area contributed by atoms with E-state index in [1.54, 1.807) is 6.33 Å². The minimum atomic E-state index is -0.101. The van der Waals surface area contributed by atoms with Crippen LogP contribution in [-0.4, -0.2) is 15.1 Å². The average Bonchev–Trinajstić information content (AvgIpc) is 2.80. The largest absolute Gasteiger partial charge is 0.333 e. The van der Waals surface area contributed by atoms with Crippen LogP contribution in [0.15, 0.2) is 6.33 Å². The molecule has 2 N–H and O–H groups in total. The van der Waals surface area contributed by atoms with E-state index < -0.39 is 0 Å². The quantitative estimate of drug-likeness (QED) is 0.862. The first-order valence-electron chi connectivity index (χ1n) is 5.42. The standard InChI is InChI=1S/C11H18ClN3/c1-4-15-7-14-9(12)8(15)10(2,3)11(13)5-6-11/h7H,4-6,13H2,1-3H3. The fraction of sp³-hybridized carbons (Fsp3) is 0.727. The Balaban J connectivity index is 2.47. The van der Waals surface area contributed by atoms with Crippen LogP contribution in [0.4, 0.5) is 0 Å². The van der Waals surface area contributed by atoms with Gasteiger partial charge >= 0.3 is 0 Å². The Morgan fingerprint density at radius 3 is 2.67 bits per heavy atom. The van der Waals surface area contributed by atoms with Crippen molar-refractivity contribution in [2.75, 3.05) is 0 Å². The summed E-state index contributed by atoms with van der Waals surface area (Å²) in [4.78, 5) is 4.17. The molecule has 0 amide bonds. The highest BCUT2D eigenvalue weighted by molar-refractivity contribution is 6.30. The molecular weight excluding hydrogens is 210 g/mol. The number of aryl methyl sites for hydroxylation is 1. The normalized spacial score (nSPS) is 19.3. The summed E-state index contributed by atoms with van der Waals surface area (Å²) >= 11 is 6.15. The zero-order valence-electron chi connectivity index (χ0n) is 9.55. The molecule has 1 heterocycles. The second kappa shape index (κ2) is 3.22. The number of hydrogen-bond acceptors (Lipinski definition) is 2. The van der Waals surface area contributed by atoms with Gasteiger partial charge in [-0.2, -0.15) is 0 Å². The van der Waals surface area contributed by atoms with Gasteiger partial charge in [0.1, 0.15) is 0 Å². The van der Waals surface area contributed by atoms with Gasteiger partial charge in [-0.1, -0.05) is 25.4 Å². The van der Waals surface area contributed by atoms with Crippen molar-refractivity contribution in [3.8, 4) is 0 Å². The molecule has 4 heteroatoms. The number of hydrogen-bond donors (Lipinski definition) is 1. The van der Waals surface area contributed by atoms with E-state index in [1.807, 2.05) is 0 Å². The molecule has 0 unspecified atom stereocenters. The number of nitrogens with zero attached hydrogens (tertiary/aromatic N) is 2. The third kappa shape index (κ3) is 1.49. The molecule has 1 saturated carbocycles. The first kappa shape index (κ1) is 11.0. The van der Waals surface area contributed by atoms with Gasteiger partial charge in [-0.25, -0.2) is 4.98 Å². The fourth-order valence-electron chi connectivity index (χ4n) is 2.21. The summed E-state index contributed by atoms with van der Waals surface area (Å²) < 4.78 is 2.09. The van der Waals surface area contributed by atoms with Gasteiger partial charge < -0.3 is 10.3 Å². The van der Waals surface area contributed by atoms with Crippen molar-refractivity contribution in [1.82, 2.24) is 9.55 Å². The van der Waals surface area contributed by atoms with Gasteiger partial charge in [-0.15, -0.1) is 0 Å². The molecule has 0 radical (unpaired) electrons. The van der Waals surface area contributed by atoms with Crippen molar-refractivity contribution in [1.29, 1.82) is 0 Å². The lowest BCUT2D eigenvalue weighted by atomic mass is 9.79. The predicted molar refractivity (Wildman–Crippen MR) is 62.1 cm³/mol. The van der Waals surface area contributed by atoms with Crippen LogP contribution in [-0.2, 0) is 12.0 Å². The summed E-state index contributed by atoms with van der Waals surface area (Å²) in [5.41, 5.74) is 7.19. The molecule has 0 atom stereocenters. The van der Waals surface area contributed by atoms with Crippen LogP contribution in [0.25, 0.3) is 0 Å². The predicted octanol–water partition coefficient (Wildman–Crippen LogP) is 2.33. The molecule has 1 aromatic rings. The maximum Gasteiger partial charge on any atom is 0.150 e. The van der Waals surface area contributed by atoms with Gasteiger partial charge in [0.25, 0.3) is 0 Å². The third-order valence-electron chi connectivity index (χ3n) is 3.76. The second-order valence-corrected chi connectivity index (χ2v) is 5.31. The average molecular weight is 228 g/mol. The van der Waals surface area contributed by atoms with E-state index in [-0.39, 0.29) is 11.0 Å². The van der Waals surface area contributed by atoms with E-state index in [2.05, 4.69) is 30.3 Å². The molecular formula is C11H18ClN3. The summed E-state index contributed by atoms with van der Waals surface area (Å²) in [6.07, 6.45) is 3.95. The number of rotatable bonds is 3. The number of imidazole rings is 1. The van der Waals surface area contributed by atoms with E-state index in [9.17, 15) is 0 Å². The zero-order valence-corrected chi connectivity index (χ0v) is 10.3. The highest BCUT2D eigenvalue weighted by atomic mass is 35.5. The highest BCUT2D eigenvalue weighted by Gasteiger charge is 2.53. The lowest BCUT2D eigenvalue weighted by Gasteiger charge is -2.33. The van der Waals surface area contributed by atoms with Gasteiger partial charge in [-0.3, -0.25) is 0 Å². The smallest absolute Gasteiger partial charge is 0.150 e. The van der Waals surface area contributed by atoms with E-state index in [4.69, 9.17) is 17.3 Å². The Morgan fingerprint density at radius 1 is 1.60 bits per heavy atom. The Bertz CT molecular complexity index is 377. The molecule has 1 aliphatic carbocycles. The molecule has 2 rings (SSSR count). The molecule has 3 nitrogen and oxygen atoms in total. The van der Waals surface area contributed by atoms with Gasteiger partial charge in [0.15, 0.2) is 5.15 Å². The van der Waals surface area contributed by atoms with E-state index in [0.717, 1.165) is 25.1 Å².